The molecule has 2 aromatic rings. The van der Waals surface area contributed by atoms with Crippen molar-refractivity contribution < 1.29 is 4.84 Å². The molecule has 1 atom stereocenters. The summed E-state index contributed by atoms with van der Waals surface area (Å²) in [6.45, 7) is 0. The minimum absolute atomic E-state index is 0.0681. The summed E-state index contributed by atoms with van der Waals surface area (Å²) in [7, 11) is 1.90. The van der Waals surface area contributed by atoms with E-state index >= 15 is 0 Å². The van der Waals surface area contributed by atoms with Crippen LogP contribution in [0, 0.1) is 0 Å². The zero-order valence-corrected chi connectivity index (χ0v) is 10.2. The molecule has 2 aromatic carbocycles. The molecule has 3 heteroatoms. The molecule has 0 aliphatic carbocycles. The highest BCUT2D eigenvalue weighted by Crippen LogP contribution is 2.27. The molecule has 0 N–H and O–H groups in total. The fraction of sp³-hybridized carbons (Fsp3) is 0.133. The Balaban J connectivity index is 1.92. The molecule has 3 rings (SSSR count). The van der Waals surface area contributed by atoms with E-state index in [1.54, 1.807) is 5.06 Å². The molecule has 1 aliphatic heterocycles. The molecule has 1 aliphatic rings. The lowest BCUT2D eigenvalue weighted by molar-refractivity contribution is -0.0571. The average molecular weight is 238 g/mol. The van der Waals surface area contributed by atoms with Gasteiger partial charge in [0.05, 0.1) is 0 Å². The second-order valence-corrected chi connectivity index (χ2v) is 4.22. The van der Waals surface area contributed by atoms with Gasteiger partial charge < -0.3 is 4.84 Å². The SMILES string of the molecule is CN1OC(c2ccccc2)=N[C@H]1c1ccccc1. The third-order valence-corrected chi connectivity index (χ3v) is 2.93. The van der Waals surface area contributed by atoms with Gasteiger partial charge in [0.25, 0.3) is 0 Å². The Hall–Kier alpha value is -2.13. The molecular formula is C15H14N2O. The Labute approximate surface area is 106 Å². The summed E-state index contributed by atoms with van der Waals surface area (Å²) in [5.41, 5.74) is 2.13. The van der Waals surface area contributed by atoms with Crippen LogP contribution in [0.4, 0.5) is 0 Å². The molecular weight excluding hydrogens is 224 g/mol. The number of hydrogen-bond donors (Lipinski definition) is 0. The Morgan fingerprint density at radius 1 is 0.944 bits per heavy atom. The Morgan fingerprint density at radius 2 is 1.56 bits per heavy atom. The molecule has 1 heterocycles. The number of hydroxylamine groups is 2. The van der Waals surface area contributed by atoms with Crippen LogP contribution < -0.4 is 0 Å². The van der Waals surface area contributed by atoms with Gasteiger partial charge in [-0.05, 0) is 17.7 Å². The molecule has 0 radical (unpaired) electrons. The zero-order valence-electron chi connectivity index (χ0n) is 10.2. The summed E-state index contributed by atoms with van der Waals surface area (Å²) < 4.78 is 0. The van der Waals surface area contributed by atoms with E-state index in [1.807, 2.05) is 55.6 Å². The van der Waals surface area contributed by atoms with Crippen LogP contribution in [0.1, 0.15) is 17.3 Å². The molecule has 0 fully saturated rings. The summed E-state index contributed by atoms with van der Waals surface area (Å²) in [4.78, 5) is 10.3. The first kappa shape index (κ1) is 11.0. The highest BCUT2D eigenvalue weighted by molar-refractivity contribution is 5.94. The van der Waals surface area contributed by atoms with Crippen molar-refractivity contribution in [3.05, 3.63) is 71.8 Å². The molecule has 0 saturated carbocycles. The van der Waals surface area contributed by atoms with E-state index in [1.165, 1.54) is 0 Å². The van der Waals surface area contributed by atoms with Crippen LogP contribution in [0.3, 0.4) is 0 Å². The predicted octanol–water partition coefficient (Wildman–Crippen LogP) is 3.01. The van der Waals surface area contributed by atoms with Crippen molar-refractivity contribution in [2.75, 3.05) is 7.05 Å². The summed E-state index contributed by atoms with van der Waals surface area (Å²) in [5, 5.41) is 1.78. The van der Waals surface area contributed by atoms with Crippen LogP contribution in [0.2, 0.25) is 0 Å². The van der Waals surface area contributed by atoms with E-state index in [0.29, 0.717) is 5.90 Å². The van der Waals surface area contributed by atoms with Gasteiger partial charge in [-0.1, -0.05) is 48.5 Å². The lowest BCUT2D eigenvalue weighted by atomic mass is 10.2. The van der Waals surface area contributed by atoms with E-state index in [0.717, 1.165) is 11.1 Å². The van der Waals surface area contributed by atoms with Crippen molar-refractivity contribution >= 4 is 5.90 Å². The van der Waals surface area contributed by atoms with Crippen LogP contribution in [-0.4, -0.2) is 18.0 Å². The first-order valence-electron chi connectivity index (χ1n) is 5.93. The van der Waals surface area contributed by atoms with Crippen molar-refractivity contribution in [3.63, 3.8) is 0 Å². The third-order valence-electron chi connectivity index (χ3n) is 2.93. The summed E-state index contributed by atoms with van der Waals surface area (Å²) in [5.74, 6) is 0.673. The van der Waals surface area contributed by atoms with Crippen molar-refractivity contribution in [1.29, 1.82) is 0 Å². The van der Waals surface area contributed by atoms with Gasteiger partial charge in [0.2, 0.25) is 5.90 Å². The smallest absolute Gasteiger partial charge is 0.242 e. The topological polar surface area (TPSA) is 24.8 Å². The molecule has 0 bridgehead atoms. The van der Waals surface area contributed by atoms with E-state index < -0.39 is 0 Å². The van der Waals surface area contributed by atoms with E-state index in [-0.39, 0.29) is 6.17 Å². The number of nitrogens with zero attached hydrogens (tertiary/aromatic N) is 2. The lowest BCUT2D eigenvalue weighted by Gasteiger charge is -2.15. The molecule has 0 amide bonds. The van der Waals surface area contributed by atoms with E-state index in [9.17, 15) is 0 Å². The molecule has 0 spiro atoms. The quantitative estimate of drug-likeness (QED) is 0.803. The molecule has 90 valence electrons. The molecule has 18 heavy (non-hydrogen) atoms. The summed E-state index contributed by atoms with van der Waals surface area (Å²) >= 11 is 0. The Bertz CT molecular complexity index is 551. The standard InChI is InChI=1S/C15H14N2O/c1-17-14(12-8-4-2-5-9-12)16-15(18-17)13-10-6-3-7-11-13/h2-11,14H,1H3/t14-/m1/s1. The van der Waals surface area contributed by atoms with Crippen LogP contribution in [0.5, 0.6) is 0 Å². The predicted molar refractivity (Wildman–Crippen MR) is 71.0 cm³/mol. The fourth-order valence-electron chi connectivity index (χ4n) is 2.02. The Kier molecular flexibility index (Phi) is 2.82. The summed E-state index contributed by atoms with van der Waals surface area (Å²) in [6, 6.07) is 20.1. The monoisotopic (exact) mass is 238 g/mol. The molecule has 0 aromatic heterocycles. The fourth-order valence-corrected chi connectivity index (χ4v) is 2.02. The number of hydrogen-bond acceptors (Lipinski definition) is 3. The first-order valence-corrected chi connectivity index (χ1v) is 5.93. The van der Waals surface area contributed by atoms with Crippen molar-refractivity contribution in [3.8, 4) is 0 Å². The lowest BCUT2D eigenvalue weighted by Crippen LogP contribution is -2.18. The van der Waals surface area contributed by atoms with Gasteiger partial charge in [0.15, 0.2) is 6.17 Å². The van der Waals surface area contributed by atoms with E-state index in [4.69, 9.17) is 4.84 Å². The van der Waals surface area contributed by atoms with Gasteiger partial charge in [0.1, 0.15) is 0 Å². The van der Waals surface area contributed by atoms with Gasteiger partial charge in [-0.25, -0.2) is 4.99 Å². The van der Waals surface area contributed by atoms with E-state index in [2.05, 4.69) is 17.1 Å². The number of benzene rings is 2. The van der Waals surface area contributed by atoms with Crippen LogP contribution in [-0.2, 0) is 4.84 Å². The highest BCUT2D eigenvalue weighted by atomic mass is 16.7. The molecule has 0 saturated heterocycles. The largest absolute Gasteiger partial charge is 0.383 e. The molecule has 3 nitrogen and oxygen atoms in total. The van der Waals surface area contributed by atoms with Crippen molar-refractivity contribution in [2.24, 2.45) is 4.99 Å². The maximum absolute atomic E-state index is 5.70. The first-order chi connectivity index (χ1) is 8.84. The van der Waals surface area contributed by atoms with Crippen LogP contribution >= 0.6 is 0 Å². The van der Waals surface area contributed by atoms with Crippen LogP contribution in [0.25, 0.3) is 0 Å². The van der Waals surface area contributed by atoms with Gasteiger partial charge in [-0.2, -0.15) is 0 Å². The van der Waals surface area contributed by atoms with Gasteiger partial charge >= 0.3 is 0 Å². The highest BCUT2D eigenvalue weighted by Gasteiger charge is 2.27. The average Bonchev–Trinajstić information content (AvgIpc) is 2.83. The van der Waals surface area contributed by atoms with Gasteiger partial charge in [0, 0.05) is 12.6 Å². The van der Waals surface area contributed by atoms with Gasteiger partial charge in [-0.15, -0.1) is 5.06 Å². The second kappa shape index (κ2) is 4.63. The van der Waals surface area contributed by atoms with Gasteiger partial charge in [-0.3, -0.25) is 0 Å². The zero-order chi connectivity index (χ0) is 12.4. The van der Waals surface area contributed by atoms with Crippen molar-refractivity contribution in [2.45, 2.75) is 6.17 Å². The second-order valence-electron chi connectivity index (χ2n) is 4.22. The van der Waals surface area contributed by atoms with Crippen LogP contribution in [0.15, 0.2) is 65.7 Å². The maximum Gasteiger partial charge on any atom is 0.242 e. The maximum atomic E-state index is 5.70. The Morgan fingerprint density at radius 3 is 2.22 bits per heavy atom. The number of aliphatic imine (C=N–C) groups is 1. The minimum Gasteiger partial charge on any atom is -0.383 e. The minimum atomic E-state index is -0.0681. The third kappa shape index (κ3) is 2.00. The number of rotatable bonds is 2. The normalized spacial score (nSPS) is 19.4. The van der Waals surface area contributed by atoms with Crippen molar-refractivity contribution in [1.82, 2.24) is 5.06 Å². The summed E-state index contributed by atoms with van der Waals surface area (Å²) in [6.07, 6.45) is -0.0681. The molecule has 0 unspecified atom stereocenters.